The topological polar surface area (TPSA) is 52.6 Å². The summed E-state index contributed by atoms with van der Waals surface area (Å²) in [6, 6.07) is 0. The lowest BCUT2D eigenvalue weighted by Crippen LogP contribution is -2.59. The second-order valence-corrected chi connectivity index (χ2v) is 9.04. The highest BCUT2D eigenvalue weighted by Gasteiger charge is 2.57. The van der Waals surface area contributed by atoms with E-state index in [-0.39, 0.29) is 40.9 Å². The van der Waals surface area contributed by atoms with Crippen LogP contribution in [0.4, 0.5) is 0 Å². The third-order valence-electron chi connectivity index (χ3n) is 6.22. The minimum Gasteiger partial charge on any atom is -0.462 e. The predicted molar refractivity (Wildman–Crippen MR) is 95.5 cm³/mol. The molecule has 4 nitrogen and oxygen atoms in total. The van der Waals surface area contributed by atoms with E-state index < -0.39 is 5.41 Å². The fourth-order valence-corrected chi connectivity index (χ4v) is 3.96. The molecule has 24 heavy (non-hydrogen) atoms. The Hall–Kier alpha value is -1.06. The van der Waals surface area contributed by atoms with Crippen molar-refractivity contribution in [3.8, 4) is 0 Å². The van der Waals surface area contributed by atoms with Crippen LogP contribution >= 0.6 is 0 Å². The highest BCUT2D eigenvalue weighted by molar-refractivity contribution is 5.75. The van der Waals surface area contributed by atoms with Gasteiger partial charge in [-0.15, -0.1) is 0 Å². The molecule has 1 saturated carbocycles. The molecule has 0 aromatic carbocycles. The highest BCUT2D eigenvalue weighted by atomic mass is 16.6. The average molecular weight is 341 g/mol. The van der Waals surface area contributed by atoms with Gasteiger partial charge in [0.05, 0.1) is 5.41 Å². The summed E-state index contributed by atoms with van der Waals surface area (Å²) in [5, 5.41) is 0. The predicted octanol–water partition coefficient (Wildman–Crippen LogP) is 4.75. The van der Waals surface area contributed by atoms with Crippen LogP contribution in [0.1, 0.15) is 81.6 Å². The Bertz CT molecular complexity index is 479. The van der Waals surface area contributed by atoms with Gasteiger partial charge in [0.1, 0.15) is 12.2 Å². The maximum absolute atomic E-state index is 12.6. The van der Waals surface area contributed by atoms with E-state index in [9.17, 15) is 9.59 Å². The Kier molecular flexibility index (Phi) is 6.16. The lowest BCUT2D eigenvalue weighted by atomic mass is 9.54. The molecule has 1 aliphatic carbocycles. The molecule has 140 valence electrons. The fraction of sp³-hybridized carbons (Fsp3) is 0.900. The Morgan fingerprint density at radius 1 is 1.08 bits per heavy atom. The quantitative estimate of drug-likeness (QED) is 0.693. The second-order valence-electron chi connectivity index (χ2n) is 9.04. The lowest BCUT2D eigenvalue weighted by molar-refractivity contribution is -0.213. The SMILES string of the molecule is CCC1(C)CC(OC(C)=O)C(C)C(C)(CC)C1OC(=O)C(C)(C)C. The molecule has 5 atom stereocenters. The number of carbonyl (C=O) groups excluding carboxylic acids is 2. The summed E-state index contributed by atoms with van der Waals surface area (Å²) in [6.45, 7) is 17.8. The van der Waals surface area contributed by atoms with Crippen molar-refractivity contribution in [2.45, 2.75) is 93.8 Å². The standard InChI is InChI=1S/C20H36O4/c1-10-19(8)12-15(23-14(4)21)13(3)20(9,11-2)16(19)24-17(22)18(5,6)7/h13,15-16H,10-12H2,1-9H3. The van der Waals surface area contributed by atoms with Crippen LogP contribution in [0.3, 0.4) is 0 Å². The van der Waals surface area contributed by atoms with E-state index in [1.807, 2.05) is 20.8 Å². The highest BCUT2D eigenvalue weighted by Crippen LogP contribution is 2.55. The molecule has 0 aliphatic heterocycles. The first-order valence-corrected chi connectivity index (χ1v) is 9.20. The van der Waals surface area contributed by atoms with Crippen LogP contribution in [0.2, 0.25) is 0 Å². The summed E-state index contributed by atoms with van der Waals surface area (Å²) < 4.78 is 11.8. The monoisotopic (exact) mass is 340 g/mol. The molecule has 1 rings (SSSR count). The van der Waals surface area contributed by atoms with Crippen molar-refractivity contribution in [1.82, 2.24) is 0 Å². The first-order chi connectivity index (χ1) is 10.8. The van der Waals surface area contributed by atoms with Crippen molar-refractivity contribution in [1.29, 1.82) is 0 Å². The lowest BCUT2D eigenvalue weighted by Gasteiger charge is -2.56. The largest absolute Gasteiger partial charge is 0.462 e. The van der Waals surface area contributed by atoms with Crippen molar-refractivity contribution >= 4 is 11.9 Å². The molecule has 0 heterocycles. The van der Waals surface area contributed by atoms with E-state index in [0.29, 0.717) is 0 Å². The van der Waals surface area contributed by atoms with Gasteiger partial charge in [0, 0.05) is 23.7 Å². The van der Waals surface area contributed by atoms with E-state index in [4.69, 9.17) is 9.47 Å². The molecular formula is C20H36O4. The van der Waals surface area contributed by atoms with Gasteiger partial charge in [-0.3, -0.25) is 9.59 Å². The molecule has 0 spiro atoms. The van der Waals surface area contributed by atoms with Crippen LogP contribution in [0.5, 0.6) is 0 Å². The zero-order valence-corrected chi connectivity index (χ0v) is 17.0. The summed E-state index contributed by atoms with van der Waals surface area (Å²) >= 11 is 0. The summed E-state index contributed by atoms with van der Waals surface area (Å²) in [7, 11) is 0. The first kappa shape index (κ1) is 21.0. The number of carbonyl (C=O) groups is 2. The van der Waals surface area contributed by atoms with Crippen molar-refractivity contribution in [2.75, 3.05) is 0 Å². The van der Waals surface area contributed by atoms with Crippen LogP contribution in [0, 0.1) is 22.2 Å². The van der Waals surface area contributed by atoms with Crippen LogP contribution in [0.25, 0.3) is 0 Å². The molecule has 0 radical (unpaired) electrons. The number of hydrogen-bond donors (Lipinski definition) is 0. The number of hydrogen-bond acceptors (Lipinski definition) is 4. The summed E-state index contributed by atoms with van der Waals surface area (Å²) in [6.07, 6.45) is 2.14. The van der Waals surface area contributed by atoms with Gasteiger partial charge in [-0.05, 0) is 40.0 Å². The molecule has 0 N–H and O–H groups in total. The Balaban J connectivity index is 3.27. The Morgan fingerprint density at radius 3 is 2.00 bits per heavy atom. The van der Waals surface area contributed by atoms with Gasteiger partial charge in [-0.2, -0.15) is 0 Å². The van der Waals surface area contributed by atoms with Crippen molar-refractivity contribution in [2.24, 2.45) is 22.2 Å². The van der Waals surface area contributed by atoms with Gasteiger partial charge in [0.2, 0.25) is 0 Å². The average Bonchev–Trinajstić information content (AvgIpc) is 2.47. The molecule has 0 saturated heterocycles. The first-order valence-electron chi connectivity index (χ1n) is 9.20. The van der Waals surface area contributed by atoms with E-state index in [1.165, 1.54) is 6.92 Å². The van der Waals surface area contributed by atoms with Crippen LogP contribution in [-0.2, 0) is 19.1 Å². The van der Waals surface area contributed by atoms with Crippen molar-refractivity contribution in [3.63, 3.8) is 0 Å². The van der Waals surface area contributed by atoms with Gasteiger partial charge in [0.25, 0.3) is 0 Å². The zero-order valence-electron chi connectivity index (χ0n) is 17.0. The van der Waals surface area contributed by atoms with E-state index in [2.05, 4.69) is 34.6 Å². The van der Waals surface area contributed by atoms with Gasteiger partial charge in [0.15, 0.2) is 0 Å². The third-order valence-corrected chi connectivity index (χ3v) is 6.22. The molecule has 4 heteroatoms. The fourth-order valence-electron chi connectivity index (χ4n) is 3.96. The minimum absolute atomic E-state index is 0.129. The molecular weight excluding hydrogens is 304 g/mol. The number of esters is 2. The van der Waals surface area contributed by atoms with E-state index in [1.54, 1.807) is 0 Å². The molecule has 0 bridgehead atoms. The summed E-state index contributed by atoms with van der Waals surface area (Å²) in [5.74, 6) is -0.275. The number of ether oxygens (including phenoxy) is 2. The molecule has 0 amide bonds. The summed E-state index contributed by atoms with van der Waals surface area (Å²) in [5.41, 5.74) is -0.971. The smallest absolute Gasteiger partial charge is 0.311 e. The van der Waals surface area contributed by atoms with Crippen LogP contribution in [0.15, 0.2) is 0 Å². The molecule has 0 aromatic rings. The van der Waals surface area contributed by atoms with Crippen molar-refractivity contribution < 1.29 is 19.1 Å². The van der Waals surface area contributed by atoms with E-state index in [0.717, 1.165) is 19.3 Å². The summed E-state index contributed by atoms with van der Waals surface area (Å²) in [4.78, 5) is 24.1. The maximum atomic E-state index is 12.6. The molecule has 1 aliphatic rings. The van der Waals surface area contributed by atoms with Gasteiger partial charge < -0.3 is 9.47 Å². The Morgan fingerprint density at radius 2 is 1.62 bits per heavy atom. The maximum Gasteiger partial charge on any atom is 0.311 e. The van der Waals surface area contributed by atoms with Crippen LogP contribution in [-0.4, -0.2) is 24.1 Å². The van der Waals surface area contributed by atoms with Gasteiger partial charge in [-0.1, -0.05) is 34.6 Å². The van der Waals surface area contributed by atoms with Gasteiger partial charge in [-0.25, -0.2) is 0 Å². The number of rotatable bonds is 4. The van der Waals surface area contributed by atoms with Gasteiger partial charge >= 0.3 is 11.9 Å². The van der Waals surface area contributed by atoms with Crippen molar-refractivity contribution in [3.05, 3.63) is 0 Å². The molecule has 1 fully saturated rings. The molecule has 5 unspecified atom stereocenters. The zero-order chi connectivity index (χ0) is 18.9. The second kappa shape index (κ2) is 7.05. The van der Waals surface area contributed by atoms with Crippen LogP contribution < -0.4 is 0 Å². The minimum atomic E-state index is -0.528. The third kappa shape index (κ3) is 3.94. The normalized spacial score (nSPS) is 37.0. The van der Waals surface area contributed by atoms with E-state index >= 15 is 0 Å². The molecule has 0 aromatic heterocycles. The Labute approximate surface area is 147 Å².